The van der Waals surface area contributed by atoms with Gasteiger partial charge >= 0.3 is 0 Å². The van der Waals surface area contributed by atoms with Crippen LogP contribution in [0.4, 0.5) is 0 Å². The number of hydrogen-bond acceptors (Lipinski definition) is 3. The van der Waals surface area contributed by atoms with Crippen LogP contribution in [0.15, 0.2) is 0 Å². The van der Waals surface area contributed by atoms with E-state index in [2.05, 4.69) is 0 Å². The first-order chi connectivity index (χ1) is 6.86. The van der Waals surface area contributed by atoms with Crippen LogP contribution in [0, 0.1) is 20.8 Å². The molecular formula is C12H19NO2. The normalized spacial score (nSPS) is 11.1. The highest BCUT2D eigenvalue weighted by molar-refractivity contribution is 5.56. The summed E-state index contributed by atoms with van der Waals surface area (Å²) in [5.74, 6) is 0.596. The van der Waals surface area contributed by atoms with E-state index in [-0.39, 0.29) is 0 Å². The lowest BCUT2D eigenvalue weighted by atomic mass is 9.97. The molecule has 0 atom stereocenters. The molecule has 0 aromatic heterocycles. The molecule has 0 heterocycles. The number of hydrogen-bond donors (Lipinski definition) is 2. The van der Waals surface area contributed by atoms with Gasteiger partial charge in [0.15, 0.2) is 0 Å². The van der Waals surface area contributed by atoms with Crippen LogP contribution in [0.25, 0.3) is 0 Å². The zero-order valence-electron chi connectivity index (χ0n) is 10.0. The maximum Gasteiger partial charge on any atom is 0.123 e. The molecule has 0 aliphatic rings. The Morgan fingerprint density at radius 1 is 0.867 bits per heavy atom. The zero-order chi connectivity index (χ0) is 11.7. The van der Waals surface area contributed by atoms with Crippen molar-refractivity contribution in [2.24, 2.45) is 0 Å². The van der Waals surface area contributed by atoms with Crippen molar-refractivity contribution >= 4 is 0 Å². The smallest absolute Gasteiger partial charge is 0.123 e. The molecule has 0 saturated carbocycles. The van der Waals surface area contributed by atoms with Gasteiger partial charge in [-0.3, -0.25) is 0 Å². The molecule has 3 nitrogen and oxygen atoms in total. The van der Waals surface area contributed by atoms with Crippen molar-refractivity contribution in [2.75, 3.05) is 14.1 Å². The van der Waals surface area contributed by atoms with Crippen molar-refractivity contribution < 1.29 is 10.2 Å². The number of aromatic hydroxyl groups is 2. The molecular weight excluding hydrogens is 190 g/mol. The molecule has 1 aromatic carbocycles. The molecule has 84 valence electrons. The van der Waals surface area contributed by atoms with Gasteiger partial charge in [-0.2, -0.15) is 0 Å². The third-order valence-corrected chi connectivity index (χ3v) is 2.84. The van der Waals surface area contributed by atoms with E-state index in [1.807, 2.05) is 39.8 Å². The number of benzene rings is 1. The zero-order valence-corrected chi connectivity index (χ0v) is 10.0. The molecule has 0 bridgehead atoms. The highest BCUT2D eigenvalue weighted by Gasteiger charge is 2.16. The Labute approximate surface area is 91.0 Å². The highest BCUT2D eigenvalue weighted by atomic mass is 16.3. The second kappa shape index (κ2) is 4.11. The SMILES string of the molecule is Cc1c(C)c(O)c(CN(C)C)c(C)c1O. The summed E-state index contributed by atoms with van der Waals surface area (Å²) < 4.78 is 0. The molecule has 0 unspecified atom stereocenters. The van der Waals surface area contributed by atoms with Crippen molar-refractivity contribution in [3.8, 4) is 11.5 Å². The lowest BCUT2D eigenvalue weighted by Crippen LogP contribution is -2.12. The minimum atomic E-state index is 0.294. The summed E-state index contributed by atoms with van der Waals surface area (Å²) in [6.07, 6.45) is 0. The fourth-order valence-corrected chi connectivity index (χ4v) is 1.69. The van der Waals surface area contributed by atoms with Gasteiger partial charge in [0.05, 0.1) is 0 Å². The van der Waals surface area contributed by atoms with Gasteiger partial charge in [-0.05, 0) is 51.6 Å². The van der Waals surface area contributed by atoms with Crippen LogP contribution < -0.4 is 0 Å². The Balaban J connectivity index is 3.39. The third kappa shape index (κ3) is 2.07. The van der Waals surface area contributed by atoms with Crippen LogP contribution in [0.5, 0.6) is 11.5 Å². The Bertz CT molecular complexity index is 355. The lowest BCUT2D eigenvalue weighted by Gasteiger charge is -2.18. The predicted molar refractivity (Wildman–Crippen MR) is 61.4 cm³/mol. The van der Waals surface area contributed by atoms with Crippen LogP contribution in [-0.2, 0) is 6.54 Å². The second-order valence-corrected chi connectivity index (χ2v) is 4.29. The summed E-state index contributed by atoms with van der Waals surface area (Å²) in [6, 6.07) is 0. The fourth-order valence-electron chi connectivity index (χ4n) is 1.69. The van der Waals surface area contributed by atoms with Crippen LogP contribution in [0.2, 0.25) is 0 Å². The maximum atomic E-state index is 9.99. The summed E-state index contributed by atoms with van der Waals surface area (Å²) >= 11 is 0. The largest absolute Gasteiger partial charge is 0.507 e. The quantitative estimate of drug-likeness (QED) is 0.733. The van der Waals surface area contributed by atoms with E-state index in [1.54, 1.807) is 0 Å². The van der Waals surface area contributed by atoms with E-state index in [4.69, 9.17) is 0 Å². The topological polar surface area (TPSA) is 43.7 Å². The summed E-state index contributed by atoms with van der Waals surface area (Å²) in [4.78, 5) is 1.97. The molecule has 15 heavy (non-hydrogen) atoms. The minimum absolute atomic E-state index is 0.294. The highest BCUT2D eigenvalue weighted by Crippen LogP contribution is 2.36. The predicted octanol–water partition coefficient (Wildman–Crippen LogP) is 2.08. The molecule has 3 heteroatoms. The Morgan fingerprint density at radius 3 is 1.80 bits per heavy atom. The third-order valence-electron chi connectivity index (χ3n) is 2.84. The number of phenols is 2. The van der Waals surface area contributed by atoms with Crippen LogP contribution in [0.1, 0.15) is 22.3 Å². The van der Waals surface area contributed by atoms with Crippen molar-refractivity contribution in [3.63, 3.8) is 0 Å². The van der Waals surface area contributed by atoms with E-state index in [1.165, 1.54) is 0 Å². The minimum Gasteiger partial charge on any atom is -0.507 e. The van der Waals surface area contributed by atoms with E-state index >= 15 is 0 Å². The molecule has 0 amide bonds. The first-order valence-corrected chi connectivity index (χ1v) is 5.01. The molecule has 0 aliphatic heterocycles. The van der Waals surface area contributed by atoms with E-state index in [9.17, 15) is 10.2 Å². The van der Waals surface area contributed by atoms with Gasteiger partial charge in [0.2, 0.25) is 0 Å². The van der Waals surface area contributed by atoms with E-state index < -0.39 is 0 Å². The van der Waals surface area contributed by atoms with E-state index in [0.29, 0.717) is 18.0 Å². The maximum absolute atomic E-state index is 9.99. The van der Waals surface area contributed by atoms with Gasteiger partial charge in [0, 0.05) is 12.1 Å². The molecule has 0 aliphatic carbocycles. The number of phenolic OH excluding ortho intramolecular Hbond substituents is 2. The average Bonchev–Trinajstić information content (AvgIpc) is 2.18. The average molecular weight is 209 g/mol. The summed E-state index contributed by atoms with van der Waals surface area (Å²) in [5, 5.41) is 19.9. The monoisotopic (exact) mass is 209 g/mol. The van der Waals surface area contributed by atoms with Gasteiger partial charge in [-0.25, -0.2) is 0 Å². The van der Waals surface area contributed by atoms with Gasteiger partial charge in [0.1, 0.15) is 11.5 Å². The Kier molecular flexibility index (Phi) is 3.25. The molecule has 2 N–H and O–H groups in total. The van der Waals surface area contributed by atoms with Crippen molar-refractivity contribution in [1.82, 2.24) is 4.90 Å². The van der Waals surface area contributed by atoms with Crippen LogP contribution in [0.3, 0.4) is 0 Å². The number of nitrogens with zero attached hydrogens (tertiary/aromatic N) is 1. The van der Waals surface area contributed by atoms with Gasteiger partial charge in [-0.15, -0.1) is 0 Å². The Morgan fingerprint density at radius 2 is 1.33 bits per heavy atom. The second-order valence-electron chi connectivity index (χ2n) is 4.29. The van der Waals surface area contributed by atoms with Crippen molar-refractivity contribution in [3.05, 3.63) is 22.3 Å². The summed E-state index contributed by atoms with van der Waals surface area (Å²) in [5.41, 5.74) is 3.09. The molecule has 1 aromatic rings. The molecule has 0 saturated heterocycles. The standard InChI is InChI=1S/C12H19NO2/c1-7-8(2)12(15)10(6-13(4)5)9(3)11(7)14/h14-15H,6H2,1-5H3. The van der Waals surface area contributed by atoms with Crippen molar-refractivity contribution in [2.45, 2.75) is 27.3 Å². The van der Waals surface area contributed by atoms with Gasteiger partial charge in [0.25, 0.3) is 0 Å². The fraction of sp³-hybridized carbons (Fsp3) is 0.500. The first kappa shape index (κ1) is 11.9. The first-order valence-electron chi connectivity index (χ1n) is 5.01. The van der Waals surface area contributed by atoms with Crippen LogP contribution in [-0.4, -0.2) is 29.2 Å². The van der Waals surface area contributed by atoms with E-state index in [0.717, 1.165) is 22.3 Å². The molecule has 0 radical (unpaired) electrons. The molecule has 0 spiro atoms. The van der Waals surface area contributed by atoms with Gasteiger partial charge in [-0.1, -0.05) is 0 Å². The number of rotatable bonds is 2. The van der Waals surface area contributed by atoms with Gasteiger partial charge < -0.3 is 15.1 Å². The summed E-state index contributed by atoms with van der Waals surface area (Å²) in [6.45, 7) is 6.10. The van der Waals surface area contributed by atoms with Crippen LogP contribution >= 0.6 is 0 Å². The molecule has 1 rings (SSSR count). The lowest BCUT2D eigenvalue weighted by molar-refractivity contribution is 0.379. The summed E-state index contributed by atoms with van der Waals surface area (Å²) in [7, 11) is 3.87. The van der Waals surface area contributed by atoms with Crippen molar-refractivity contribution in [1.29, 1.82) is 0 Å². The molecule has 0 fully saturated rings. The Hall–Kier alpha value is -1.22.